The van der Waals surface area contributed by atoms with E-state index in [1.165, 1.54) is 5.57 Å². The molecule has 0 saturated heterocycles. The first-order valence-corrected chi connectivity index (χ1v) is 9.09. The van der Waals surface area contributed by atoms with Crippen LogP contribution in [0.4, 0.5) is 0 Å². The second-order valence-corrected chi connectivity index (χ2v) is 8.22. The van der Waals surface area contributed by atoms with Crippen LogP contribution in [0.5, 0.6) is 0 Å². The molecule has 0 bridgehead atoms. The van der Waals surface area contributed by atoms with Gasteiger partial charge in [-0.1, -0.05) is 55.8 Å². The number of esters is 1. The monoisotopic (exact) mass is 340 g/mol. The molecule has 3 rings (SSSR count). The zero-order chi connectivity index (χ0) is 18.2. The summed E-state index contributed by atoms with van der Waals surface area (Å²) in [6.45, 7) is 8.01. The molecule has 0 radical (unpaired) electrons. The average Bonchev–Trinajstić information content (AvgIpc) is 2.55. The highest BCUT2D eigenvalue weighted by molar-refractivity contribution is 5.89. The molecule has 1 aromatic carbocycles. The second kappa shape index (κ2) is 6.45. The zero-order valence-corrected chi connectivity index (χ0v) is 15.5. The predicted octanol–water partition coefficient (Wildman–Crippen LogP) is 4.53. The van der Waals surface area contributed by atoms with Crippen molar-refractivity contribution in [3.05, 3.63) is 59.7 Å². The van der Waals surface area contributed by atoms with Crippen molar-refractivity contribution in [2.75, 3.05) is 0 Å². The molecule has 2 aliphatic carbocycles. The lowest BCUT2D eigenvalue weighted by molar-refractivity contribution is -0.0458. The van der Waals surface area contributed by atoms with Gasteiger partial charge in [-0.2, -0.15) is 0 Å². The Morgan fingerprint density at radius 2 is 1.96 bits per heavy atom. The first-order chi connectivity index (χ1) is 11.7. The number of carbonyl (C=O) groups excluding carboxylic acids is 1. The lowest BCUT2D eigenvalue weighted by Crippen LogP contribution is -2.48. The first-order valence-electron chi connectivity index (χ1n) is 9.09. The van der Waals surface area contributed by atoms with Gasteiger partial charge in [0, 0.05) is 11.3 Å². The number of fused-ring (bicyclic) bond motifs is 1. The number of hydrogen-bond acceptors (Lipinski definition) is 3. The van der Waals surface area contributed by atoms with Gasteiger partial charge >= 0.3 is 5.97 Å². The summed E-state index contributed by atoms with van der Waals surface area (Å²) in [7, 11) is 0. The molecule has 1 N–H and O–H groups in total. The van der Waals surface area contributed by atoms with E-state index >= 15 is 0 Å². The van der Waals surface area contributed by atoms with Gasteiger partial charge in [-0.05, 0) is 44.7 Å². The van der Waals surface area contributed by atoms with E-state index in [9.17, 15) is 9.90 Å². The molecular formula is C22H28O3. The number of carbonyl (C=O) groups is 1. The molecule has 25 heavy (non-hydrogen) atoms. The summed E-state index contributed by atoms with van der Waals surface area (Å²) >= 11 is 0. The fourth-order valence-corrected chi connectivity index (χ4v) is 4.14. The third kappa shape index (κ3) is 3.43. The maximum Gasteiger partial charge on any atom is 0.338 e. The number of aliphatic hydroxyl groups is 1. The molecule has 0 amide bonds. The van der Waals surface area contributed by atoms with Crippen LogP contribution in [-0.4, -0.2) is 22.8 Å². The highest BCUT2D eigenvalue weighted by atomic mass is 16.5. The molecule has 0 saturated carbocycles. The minimum atomic E-state index is -0.841. The van der Waals surface area contributed by atoms with E-state index in [-0.39, 0.29) is 23.4 Å². The van der Waals surface area contributed by atoms with Crippen molar-refractivity contribution in [3.8, 4) is 0 Å². The van der Waals surface area contributed by atoms with Crippen LogP contribution in [0.25, 0.3) is 0 Å². The van der Waals surface area contributed by atoms with E-state index in [2.05, 4.69) is 32.1 Å². The van der Waals surface area contributed by atoms with Crippen LogP contribution in [0.1, 0.15) is 50.9 Å². The third-order valence-corrected chi connectivity index (χ3v) is 5.84. The Kier molecular flexibility index (Phi) is 4.63. The number of allylic oxidation sites excluding steroid dienone is 2. The minimum absolute atomic E-state index is 0.0295. The van der Waals surface area contributed by atoms with Crippen molar-refractivity contribution < 1.29 is 14.6 Å². The average molecular weight is 340 g/mol. The molecule has 134 valence electrons. The number of ether oxygens (including phenoxy) is 1. The topological polar surface area (TPSA) is 46.5 Å². The van der Waals surface area contributed by atoms with Crippen molar-refractivity contribution in [2.24, 2.45) is 17.3 Å². The Morgan fingerprint density at radius 3 is 2.60 bits per heavy atom. The molecule has 1 aromatic rings. The Hall–Kier alpha value is -1.87. The molecule has 0 unspecified atom stereocenters. The van der Waals surface area contributed by atoms with Gasteiger partial charge in [0.1, 0.15) is 6.10 Å². The molecule has 3 nitrogen and oxygen atoms in total. The Labute approximate surface area is 150 Å². The van der Waals surface area contributed by atoms with Crippen LogP contribution >= 0.6 is 0 Å². The van der Waals surface area contributed by atoms with Crippen molar-refractivity contribution in [1.29, 1.82) is 0 Å². The smallest absolute Gasteiger partial charge is 0.338 e. The molecule has 0 heterocycles. The van der Waals surface area contributed by atoms with Gasteiger partial charge in [0.25, 0.3) is 0 Å². The molecular weight excluding hydrogens is 312 g/mol. The van der Waals surface area contributed by atoms with Crippen LogP contribution in [0, 0.1) is 17.3 Å². The summed E-state index contributed by atoms with van der Waals surface area (Å²) in [6, 6.07) is 9.13. The summed E-state index contributed by atoms with van der Waals surface area (Å²) in [4.78, 5) is 12.6. The molecule has 3 heteroatoms. The number of benzene rings is 1. The van der Waals surface area contributed by atoms with Gasteiger partial charge in [-0.15, -0.1) is 0 Å². The van der Waals surface area contributed by atoms with E-state index in [0.717, 1.165) is 6.42 Å². The Bertz CT molecular complexity index is 696. The highest BCUT2D eigenvalue weighted by Crippen LogP contribution is 2.51. The summed E-state index contributed by atoms with van der Waals surface area (Å²) in [6.07, 6.45) is 7.87. The summed E-state index contributed by atoms with van der Waals surface area (Å²) in [5.74, 6) is -0.0234. The summed E-state index contributed by atoms with van der Waals surface area (Å²) in [5.41, 5.74) is 0.799. The van der Waals surface area contributed by atoms with Crippen LogP contribution in [0.3, 0.4) is 0 Å². The molecule has 4 atom stereocenters. The summed E-state index contributed by atoms with van der Waals surface area (Å²) < 4.78 is 6.00. The van der Waals surface area contributed by atoms with Gasteiger partial charge in [-0.3, -0.25) is 0 Å². The largest absolute Gasteiger partial charge is 0.458 e. The van der Waals surface area contributed by atoms with Crippen LogP contribution in [0.15, 0.2) is 54.1 Å². The first kappa shape index (κ1) is 17.9. The van der Waals surface area contributed by atoms with E-state index in [0.29, 0.717) is 17.9 Å². The number of rotatable bonds is 3. The van der Waals surface area contributed by atoms with E-state index in [1.54, 1.807) is 12.1 Å². The molecule has 0 aromatic heterocycles. The second-order valence-electron chi connectivity index (χ2n) is 8.22. The van der Waals surface area contributed by atoms with E-state index < -0.39 is 5.60 Å². The van der Waals surface area contributed by atoms with Crippen molar-refractivity contribution in [1.82, 2.24) is 0 Å². The van der Waals surface area contributed by atoms with Crippen LogP contribution in [0.2, 0.25) is 0 Å². The highest BCUT2D eigenvalue weighted by Gasteiger charge is 2.48. The van der Waals surface area contributed by atoms with Gasteiger partial charge in [0.05, 0.1) is 11.2 Å². The maximum absolute atomic E-state index is 12.6. The van der Waals surface area contributed by atoms with Crippen molar-refractivity contribution in [3.63, 3.8) is 0 Å². The quantitative estimate of drug-likeness (QED) is 0.649. The third-order valence-electron chi connectivity index (χ3n) is 5.84. The molecule has 0 fully saturated rings. The normalized spacial score (nSPS) is 31.9. The molecule has 2 aliphatic rings. The molecule has 0 spiro atoms. The fraction of sp³-hybridized carbons (Fsp3) is 0.500. The maximum atomic E-state index is 12.6. The lowest BCUT2D eigenvalue weighted by Gasteiger charge is -2.49. The zero-order valence-electron chi connectivity index (χ0n) is 15.5. The number of hydrogen-bond donors (Lipinski definition) is 1. The SMILES string of the molecule is C[C@@H]1C=CC[C@]2(C)C1=C[C@H](C(C)(C)O)C[C@@H]2OC(=O)c1ccccc1. The van der Waals surface area contributed by atoms with Crippen molar-refractivity contribution >= 4 is 5.97 Å². The van der Waals surface area contributed by atoms with Gasteiger partial charge in [0.15, 0.2) is 0 Å². The van der Waals surface area contributed by atoms with Gasteiger partial charge in [0.2, 0.25) is 0 Å². The van der Waals surface area contributed by atoms with E-state index in [4.69, 9.17) is 4.74 Å². The van der Waals surface area contributed by atoms with Crippen LogP contribution in [-0.2, 0) is 4.74 Å². The Morgan fingerprint density at radius 1 is 1.28 bits per heavy atom. The van der Waals surface area contributed by atoms with Crippen LogP contribution < -0.4 is 0 Å². The van der Waals surface area contributed by atoms with Gasteiger partial charge in [-0.25, -0.2) is 4.79 Å². The standard InChI is InChI=1S/C22H28O3/c1-15-9-8-12-22(4)18(15)13-17(21(2,3)24)14-19(22)25-20(23)16-10-6-5-7-11-16/h5-11,13,15,17,19,24H,12,14H2,1-4H3/t15-,17+,19+,22-/m1/s1. The summed E-state index contributed by atoms with van der Waals surface area (Å²) in [5, 5.41) is 10.6. The molecule has 0 aliphatic heterocycles. The van der Waals surface area contributed by atoms with Gasteiger partial charge < -0.3 is 9.84 Å². The predicted molar refractivity (Wildman–Crippen MR) is 99.2 cm³/mol. The van der Waals surface area contributed by atoms with E-state index in [1.807, 2.05) is 32.0 Å². The Balaban J connectivity index is 1.93. The fourth-order valence-electron chi connectivity index (χ4n) is 4.14. The lowest BCUT2D eigenvalue weighted by atomic mass is 9.60. The minimum Gasteiger partial charge on any atom is -0.458 e. The van der Waals surface area contributed by atoms with Crippen molar-refractivity contribution in [2.45, 2.75) is 52.2 Å².